The largest absolute Gasteiger partial charge is 0.497 e. The van der Waals surface area contributed by atoms with E-state index in [1.54, 1.807) is 14.0 Å². The van der Waals surface area contributed by atoms with Crippen LogP contribution in [0.1, 0.15) is 55.7 Å². The van der Waals surface area contributed by atoms with Crippen molar-refractivity contribution in [1.29, 1.82) is 0 Å². The molecule has 2 heteroatoms. The van der Waals surface area contributed by atoms with Crippen molar-refractivity contribution >= 4 is 5.78 Å². The van der Waals surface area contributed by atoms with Crippen molar-refractivity contribution in [2.45, 2.75) is 50.9 Å². The molecule has 0 unspecified atom stereocenters. The Bertz CT molecular complexity index is 1140. The number of fused-ring (bicyclic) bond motifs is 3. The molecule has 6 rings (SSSR count). The van der Waals surface area contributed by atoms with Crippen molar-refractivity contribution in [3.63, 3.8) is 0 Å². The second kappa shape index (κ2) is 6.22. The van der Waals surface area contributed by atoms with Crippen LogP contribution < -0.4 is 4.74 Å². The molecule has 4 aliphatic rings. The fraction of sp³-hybridized carbons (Fsp3) is 0.414. The molecule has 0 N–H and O–H groups in total. The van der Waals surface area contributed by atoms with Gasteiger partial charge in [-0.05, 0) is 78.7 Å². The van der Waals surface area contributed by atoms with Gasteiger partial charge >= 0.3 is 0 Å². The third-order valence-corrected chi connectivity index (χ3v) is 9.38. The van der Waals surface area contributed by atoms with Crippen molar-refractivity contribution in [1.82, 2.24) is 0 Å². The lowest BCUT2D eigenvalue weighted by Gasteiger charge is -2.57. The Hall–Kier alpha value is -2.61. The fourth-order valence-electron chi connectivity index (χ4n) is 8.01. The molecule has 0 spiro atoms. The van der Waals surface area contributed by atoms with E-state index in [-0.39, 0.29) is 22.0 Å². The molecule has 0 amide bonds. The van der Waals surface area contributed by atoms with E-state index in [1.807, 2.05) is 0 Å². The first-order valence-electron chi connectivity index (χ1n) is 11.6. The van der Waals surface area contributed by atoms with Gasteiger partial charge in [-0.15, -0.1) is 0 Å². The van der Waals surface area contributed by atoms with Gasteiger partial charge in [0, 0.05) is 16.4 Å². The highest BCUT2D eigenvalue weighted by Gasteiger charge is 2.72. The smallest absolute Gasteiger partial charge is 0.156 e. The third-order valence-electron chi connectivity index (χ3n) is 9.38. The van der Waals surface area contributed by atoms with E-state index in [0.29, 0.717) is 11.8 Å². The normalized spacial score (nSPS) is 36.9. The van der Waals surface area contributed by atoms with Gasteiger partial charge in [0.2, 0.25) is 0 Å². The summed E-state index contributed by atoms with van der Waals surface area (Å²) in [5.41, 5.74) is 4.90. The zero-order valence-electron chi connectivity index (χ0n) is 18.7. The van der Waals surface area contributed by atoms with E-state index < -0.39 is 0 Å². The number of aryl methyl sites for hydroxylation is 1. The lowest BCUT2D eigenvalue weighted by molar-refractivity contribution is -0.114. The molecular weight excluding hydrogens is 380 g/mol. The first-order valence-corrected chi connectivity index (χ1v) is 11.6. The number of hydrogen-bond donors (Lipinski definition) is 0. The van der Waals surface area contributed by atoms with Crippen LogP contribution in [0.4, 0.5) is 0 Å². The minimum atomic E-state index is -0.300. The highest BCUT2D eigenvalue weighted by Crippen LogP contribution is 2.77. The summed E-state index contributed by atoms with van der Waals surface area (Å²) >= 11 is 0. The first kappa shape index (κ1) is 19.1. The molecule has 31 heavy (non-hydrogen) atoms. The van der Waals surface area contributed by atoms with Gasteiger partial charge in [-0.3, -0.25) is 4.79 Å². The third kappa shape index (κ3) is 2.11. The number of Topliss-reactive ketones (excluding diaryl/α,β-unsaturated/α-hetero) is 1. The molecule has 2 aromatic rings. The fourth-order valence-corrected chi connectivity index (χ4v) is 8.01. The van der Waals surface area contributed by atoms with Gasteiger partial charge < -0.3 is 4.74 Å². The van der Waals surface area contributed by atoms with Crippen LogP contribution in [0.3, 0.4) is 0 Å². The monoisotopic (exact) mass is 410 g/mol. The van der Waals surface area contributed by atoms with Gasteiger partial charge in [0.05, 0.1) is 7.11 Å². The summed E-state index contributed by atoms with van der Waals surface area (Å²) in [6.07, 6.45) is 11.9. The molecule has 4 aliphatic carbocycles. The van der Waals surface area contributed by atoms with Crippen LogP contribution in [0.5, 0.6) is 5.75 Å². The van der Waals surface area contributed by atoms with Crippen molar-refractivity contribution in [2.24, 2.45) is 16.7 Å². The van der Waals surface area contributed by atoms with Crippen LogP contribution in [0, 0.1) is 16.7 Å². The quantitative estimate of drug-likeness (QED) is 0.566. The number of rotatable bonds is 3. The van der Waals surface area contributed by atoms with E-state index >= 15 is 0 Å². The minimum absolute atomic E-state index is 0.00744. The van der Waals surface area contributed by atoms with Crippen molar-refractivity contribution < 1.29 is 9.53 Å². The minimum Gasteiger partial charge on any atom is -0.497 e. The molecule has 0 heterocycles. The van der Waals surface area contributed by atoms with Crippen molar-refractivity contribution in [3.05, 3.63) is 89.0 Å². The molecule has 0 aromatic heterocycles. The highest BCUT2D eigenvalue weighted by molar-refractivity contribution is 5.99. The molecule has 2 nitrogen and oxygen atoms in total. The highest BCUT2D eigenvalue weighted by atomic mass is 16.5. The molecule has 2 bridgehead atoms. The van der Waals surface area contributed by atoms with Crippen LogP contribution in [0.15, 0.2) is 72.3 Å². The lowest BCUT2D eigenvalue weighted by atomic mass is 9.45. The molecule has 0 radical (unpaired) electrons. The Kier molecular flexibility index (Phi) is 3.83. The zero-order valence-corrected chi connectivity index (χ0v) is 18.7. The van der Waals surface area contributed by atoms with Gasteiger partial charge in [0.25, 0.3) is 0 Å². The van der Waals surface area contributed by atoms with Gasteiger partial charge in [0.1, 0.15) is 5.75 Å². The van der Waals surface area contributed by atoms with Crippen molar-refractivity contribution in [3.8, 4) is 5.75 Å². The summed E-state index contributed by atoms with van der Waals surface area (Å²) < 4.78 is 5.49. The summed E-state index contributed by atoms with van der Waals surface area (Å²) in [6, 6.07) is 17.4. The molecule has 0 saturated heterocycles. The Morgan fingerprint density at radius 3 is 2.61 bits per heavy atom. The lowest BCUT2D eigenvalue weighted by Crippen LogP contribution is -2.52. The van der Waals surface area contributed by atoms with Gasteiger partial charge in [-0.1, -0.05) is 61.5 Å². The van der Waals surface area contributed by atoms with E-state index in [1.165, 1.54) is 23.1 Å². The summed E-state index contributed by atoms with van der Waals surface area (Å²) in [5, 5.41) is 0. The number of methoxy groups -OCH3 is 1. The van der Waals surface area contributed by atoms with Gasteiger partial charge in [-0.2, -0.15) is 0 Å². The topological polar surface area (TPSA) is 26.3 Å². The molecular formula is C29H30O2. The molecule has 5 atom stereocenters. The second-order valence-electron chi connectivity index (χ2n) is 10.2. The number of allylic oxidation sites excluding steroid dienone is 4. The number of ketones is 1. The van der Waals surface area contributed by atoms with Gasteiger partial charge in [0.15, 0.2) is 5.78 Å². The summed E-state index contributed by atoms with van der Waals surface area (Å²) in [7, 11) is 1.75. The number of ether oxygens (including phenoxy) is 1. The number of carbonyl (C=O) groups is 1. The van der Waals surface area contributed by atoms with Crippen LogP contribution >= 0.6 is 0 Å². The average Bonchev–Trinajstić information content (AvgIpc) is 3.21. The first-order chi connectivity index (χ1) is 15.0. The summed E-state index contributed by atoms with van der Waals surface area (Å²) in [4.78, 5) is 13.0. The predicted octanol–water partition coefficient (Wildman–Crippen LogP) is 6.16. The van der Waals surface area contributed by atoms with E-state index in [2.05, 4.69) is 73.7 Å². The van der Waals surface area contributed by atoms with E-state index in [4.69, 9.17) is 4.74 Å². The predicted molar refractivity (Wildman–Crippen MR) is 123 cm³/mol. The standard InChI is InChI=1S/C29H30O2/c1-19(30)26-18-28-15-16-29(26,21-7-5-4-6-8-21)27(28,2)14-13-24-23-11-10-22(31-3)17-20(23)9-12-25(24)28/h4-8,10-11,15-18,24-25H,9,12-14H2,1-3H3/t24-,25-,27+,28+,29+/m1/s1. The Labute approximate surface area is 185 Å². The zero-order chi connectivity index (χ0) is 21.4. The molecule has 158 valence electrons. The SMILES string of the molecule is COc1ccc2c(c1)CC[C@@H]1[C@@H]2CC[C@@]2(C)[C@]13C=C[C@]2(c1ccccc1)C(C(C)=O)=C3. The van der Waals surface area contributed by atoms with Crippen LogP contribution in [0.2, 0.25) is 0 Å². The van der Waals surface area contributed by atoms with E-state index in [0.717, 1.165) is 30.6 Å². The van der Waals surface area contributed by atoms with Gasteiger partial charge in [-0.25, -0.2) is 0 Å². The average molecular weight is 411 g/mol. The number of carbonyl (C=O) groups excluding carboxylic acids is 1. The Balaban J connectivity index is 1.52. The maximum absolute atomic E-state index is 13.0. The number of hydrogen-bond acceptors (Lipinski definition) is 2. The van der Waals surface area contributed by atoms with Crippen LogP contribution in [-0.2, 0) is 16.6 Å². The summed E-state index contributed by atoms with van der Waals surface area (Å²) in [6.45, 7) is 4.23. The molecule has 1 saturated carbocycles. The maximum Gasteiger partial charge on any atom is 0.156 e. The summed E-state index contributed by atoms with van der Waals surface area (Å²) in [5.74, 6) is 2.26. The molecule has 0 aliphatic heterocycles. The second-order valence-corrected chi connectivity index (χ2v) is 10.2. The van der Waals surface area contributed by atoms with Crippen LogP contribution in [-0.4, -0.2) is 12.9 Å². The Morgan fingerprint density at radius 1 is 1.06 bits per heavy atom. The van der Waals surface area contributed by atoms with Crippen molar-refractivity contribution in [2.75, 3.05) is 7.11 Å². The molecule has 1 fully saturated rings. The Morgan fingerprint density at radius 2 is 1.87 bits per heavy atom. The van der Waals surface area contributed by atoms with E-state index in [9.17, 15) is 4.79 Å². The maximum atomic E-state index is 13.0. The van der Waals surface area contributed by atoms with Crippen LogP contribution in [0.25, 0.3) is 0 Å². The molecule has 2 aromatic carbocycles. The number of benzene rings is 2.